The van der Waals surface area contributed by atoms with Gasteiger partial charge < -0.3 is 9.32 Å². The topological polar surface area (TPSA) is 50.5 Å². The Morgan fingerprint density at radius 2 is 1.81 bits per heavy atom. The smallest absolute Gasteiger partial charge is 0.336 e. The highest BCUT2D eigenvalue weighted by Gasteiger charge is 2.16. The van der Waals surface area contributed by atoms with Crippen LogP contribution in [0.5, 0.6) is 0 Å². The Hall–Kier alpha value is -2.88. The molecule has 0 aliphatic carbocycles. The molecule has 0 unspecified atom stereocenters. The van der Waals surface area contributed by atoms with Gasteiger partial charge in [0.1, 0.15) is 5.58 Å². The molecule has 0 radical (unpaired) electrons. The Labute approximate surface area is 153 Å². The van der Waals surface area contributed by atoms with Gasteiger partial charge in [-0.1, -0.05) is 31.2 Å². The van der Waals surface area contributed by atoms with Crippen LogP contribution in [0.2, 0.25) is 0 Å². The number of nitrogens with zero attached hydrogens (tertiary/aromatic N) is 1. The molecule has 26 heavy (non-hydrogen) atoms. The van der Waals surface area contributed by atoms with E-state index in [2.05, 4.69) is 0 Å². The van der Waals surface area contributed by atoms with E-state index in [0.29, 0.717) is 24.2 Å². The molecule has 0 aliphatic heterocycles. The Kier molecular flexibility index (Phi) is 5.21. The van der Waals surface area contributed by atoms with E-state index in [1.165, 1.54) is 6.07 Å². The van der Waals surface area contributed by atoms with E-state index >= 15 is 0 Å². The molecule has 0 spiro atoms. The van der Waals surface area contributed by atoms with Crippen molar-refractivity contribution in [3.8, 4) is 11.1 Å². The molecule has 1 amide bonds. The molecule has 1 heterocycles. The first-order chi connectivity index (χ1) is 12.5. The molecule has 3 rings (SSSR count). The summed E-state index contributed by atoms with van der Waals surface area (Å²) in [4.78, 5) is 26.6. The van der Waals surface area contributed by atoms with Crippen LogP contribution >= 0.6 is 0 Å². The van der Waals surface area contributed by atoms with Gasteiger partial charge in [-0.15, -0.1) is 0 Å². The maximum atomic E-state index is 12.7. The summed E-state index contributed by atoms with van der Waals surface area (Å²) in [5, 5.41) is 0.828. The second kappa shape index (κ2) is 7.56. The number of benzene rings is 2. The third-order valence-electron chi connectivity index (χ3n) is 4.59. The van der Waals surface area contributed by atoms with Crippen molar-refractivity contribution >= 4 is 16.9 Å². The molecule has 3 aromatic rings. The molecule has 0 fully saturated rings. The quantitative estimate of drug-likeness (QED) is 0.631. The molecule has 0 aliphatic rings. The molecule has 134 valence electrons. The molecule has 0 atom stereocenters. The van der Waals surface area contributed by atoms with Crippen molar-refractivity contribution < 1.29 is 9.21 Å². The van der Waals surface area contributed by atoms with E-state index in [1.54, 1.807) is 11.0 Å². The number of hydrogen-bond acceptors (Lipinski definition) is 3. The normalized spacial score (nSPS) is 10.9. The first-order valence-corrected chi connectivity index (χ1v) is 8.98. The fraction of sp³-hybridized carbons (Fsp3) is 0.273. The molecule has 0 saturated heterocycles. The third kappa shape index (κ3) is 3.40. The van der Waals surface area contributed by atoms with Gasteiger partial charge in [-0.05, 0) is 49.6 Å². The average Bonchev–Trinajstić information content (AvgIpc) is 2.64. The summed E-state index contributed by atoms with van der Waals surface area (Å²) in [6, 6.07) is 14.8. The van der Waals surface area contributed by atoms with E-state index in [-0.39, 0.29) is 5.91 Å². The molecule has 4 heteroatoms. The van der Waals surface area contributed by atoms with Crippen molar-refractivity contribution in [3.05, 3.63) is 70.1 Å². The maximum Gasteiger partial charge on any atom is 0.336 e. The first kappa shape index (κ1) is 17.9. The van der Waals surface area contributed by atoms with Crippen molar-refractivity contribution in [1.82, 2.24) is 4.90 Å². The average molecular weight is 349 g/mol. The zero-order valence-electron chi connectivity index (χ0n) is 15.4. The Morgan fingerprint density at radius 3 is 2.50 bits per heavy atom. The van der Waals surface area contributed by atoms with Crippen LogP contribution in [0.15, 0.2) is 57.7 Å². The van der Waals surface area contributed by atoms with Gasteiger partial charge in [0.25, 0.3) is 5.91 Å². The molecule has 0 N–H and O–H groups in total. The number of amides is 1. The number of hydrogen-bond donors (Lipinski definition) is 0. The predicted octanol–water partition coefficient (Wildman–Crippen LogP) is 4.64. The van der Waals surface area contributed by atoms with Gasteiger partial charge in [-0.3, -0.25) is 4.79 Å². The van der Waals surface area contributed by atoms with Gasteiger partial charge in [0, 0.05) is 35.7 Å². The van der Waals surface area contributed by atoms with Crippen LogP contribution in [0.1, 0.15) is 36.2 Å². The predicted molar refractivity (Wildman–Crippen MR) is 105 cm³/mol. The SMILES string of the molecule is CCCN(CC)C(=O)c1ccc2c(-c3ccccc3C)cc(=O)oc2c1. The minimum absolute atomic E-state index is 0.0415. The summed E-state index contributed by atoms with van der Waals surface area (Å²) < 4.78 is 5.40. The van der Waals surface area contributed by atoms with Gasteiger partial charge in [0.15, 0.2) is 0 Å². The number of fused-ring (bicyclic) bond motifs is 1. The van der Waals surface area contributed by atoms with Gasteiger partial charge in [-0.25, -0.2) is 4.79 Å². The highest BCUT2D eigenvalue weighted by atomic mass is 16.4. The molecule has 1 aromatic heterocycles. The van der Waals surface area contributed by atoms with E-state index in [1.807, 2.05) is 57.2 Å². The van der Waals surface area contributed by atoms with Gasteiger partial charge in [0.05, 0.1) is 0 Å². The molecule has 4 nitrogen and oxygen atoms in total. The van der Waals surface area contributed by atoms with Crippen LogP contribution < -0.4 is 5.63 Å². The summed E-state index contributed by atoms with van der Waals surface area (Å²) in [6.07, 6.45) is 0.902. The highest BCUT2D eigenvalue weighted by Crippen LogP contribution is 2.30. The Bertz CT molecular complexity index is 1000. The van der Waals surface area contributed by atoms with Crippen molar-refractivity contribution in [2.24, 2.45) is 0 Å². The lowest BCUT2D eigenvalue weighted by atomic mass is 9.97. The zero-order chi connectivity index (χ0) is 18.7. The van der Waals surface area contributed by atoms with Gasteiger partial charge in [-0.2, -0.15) is 0 Å². The maximum absolute atomic E-state index is 12.7. The number of rotatable bonds is 5. The summed E-state index contributed by atoms with van der Waals surface area (Å²) in [7, 11) is 0. The lowest BCUT2D eigenvalue weighted by molar-refractivity contribution is 0.0764. The second-order valence-electron chi connectivity index (χ2n) is 6.39. The number of aryl methyl sites for hydroxylation is 1. The van der Waals surface area contributed by atoms with Crippen LogP contribution in [0, 0.1) is 6.92 Å². The molecule has 2 aromatic carbocycles. The third-order valence-corrected chi connectivity index (χ3v) is 4.59. The standard InChI is InChI=1S/C22H23NO3/c1-4-12-23(5-2)22(25)16-10-11-18-19(14-21(24)26-20(18)13-16)17-9-7-6-8-15(17)3/h6-11,13-14H,4-5,12H2,1-3H3. The van der Waals surface area contributed by atoms with E-state index in [4.69, 9.17) is 4.42 Å². The van der Waals surface area contributed by atoms with Crippen molar-refractivity contribution in [1.29, 1.82) is 0 Å². The zero-order valence-corrected chi connectivity index (χ0v) is 15.4. The van der Waals surface area contributed by atoms with Crippen LogP contribution in [0.25, 0.3) is 22.1 Å². The first-order valence-electron chi connectivity index (χ1n) is 8.98. The minimum atomic E-state index is -0.416. The van der Waals surface area contributed by atoms with Crippen LogP contribution in [0.3, 0.4) is 0 Å². The summed E-state index contributed by atoms with van der Waals surface area (Å²) in [6.45, 7) is 7.38. The van der Waals surface area contributed by atoms with Crippen molar-refractivity contribution in [2.75, 3.05) is 13.1 Å². The largest absolute Gasteiger partial charge is 0.423 e. The molecule has 0 saturated carbocycles. The second-order valence-corrected chi connectivity index (χ2v) is 6.39. The summed E-state index contributed by atoms with van der Waals surface area (Å²) in [5.74, 6) is -0.0415. The summed E-state index contributed by atoms with van der Waals surface area (Å²) >= 11 is 0. The van der Waals surface area contributed by atoms with Crippen molar-refractivity contribution in [2.45, 2.75) is 27.2 Å². The number of carbonyl (C=O) groups excluding carboxylic acids is 1. The van der Waals surface area contributed by atoms with Crippen molar-refractivity contribution in [3.63, 3.8) is 0 Å². The monoisotopic (exact) mass is 349 g/mol. The van der Waals surface area contributed by atoms with Crippen LogP contribution in [-0.2, 0) is 0 Å². The van der Waals surface area contributed by atoms with Gasteiger partial charge in [0.2, 0.25) is 0 Å². The van der Waals surface area contributed by atoms with Gasteiger partial charge >= 0.3 is 5.63 Å². The molecular formula is C22H23NO3. The lowest BCUT2D eigenvalue weighted by Crippen LogP contribution is -2.31. The summed E-state index contributed by atoms with van der Waals surface area (Å²) in [5.41, 5.74) is 3.47. The fourth-order valence-corrected chi connectivity index (χ4v) is 3.25. The number of carbonyl (C=O) groups is 1. The van der Waals surface area contributed by atoms with Crippen LogP contribution in [-0.4, -0.2) is 23.9 Å². The fourth-order valence-electron chi connectivity index (χ4n) is 3.25. The highest BCUT2D eigenvalue weighted by molar-refractivity contribution is 6.00. The molecular weight excluding hydrogens is 326 g/mol. The Morgan fingerprint density at radius 1 is 1.04 bits per heavy atom. The van der Waals surface area contributed by atoms with Crippen LogP contribution in [0.4, 0.5) is 0 Å². The molecule has 0 bridgehead atoms. The van der Waals surface area contributed by atoms with E-state index in [0.717, 1.165) is 28.5 Å². The Balaban J connectivity index is 2.14. The lowest BCUT2D eigenvalue weighted by Gasteiger charge is -2.20. The minimum Gasteiger partial charge on any atom is -0.423 e. The van der Waals surface area contributed by atoms with E-state index in [9.17, 15) is 9.59 Å². The van der Waals surface area contributed by atoms with E-state index < -0.39 is 5.63 Å².